The quantitative estimate of drug-likeness (QED) is 0.780. The zero-order chi connectivity index (χ0) is 11.3. The van der Waals surface area contributed by atoms with Crippen LogP contribution in [-0.4, -0.2) is 12.1 Å². The molecule has 3 rings (SSSR count). The second-order valence-electron chi connectivity index (χ2n) is 5.45. The first kappa shape index (κ1) is 10.0. The highest BCUT2D eigenvalue weighted by Gasteiger charge is 2.27. The van der Waals surface area contributed by atoms with E-state index in [1.807, 2.05) is 0 Å². The summed E-state index contributed by atoms with van der Waals surface area (Å²) in [6.07, 6.45) is 2.53. The lowest BCUT2D eigenvalue weighted by Crippen LogP contribution is -2.21. The fourth-order valence-electron chi connectivity index (χ4n) is 2.70. The second kappa shape index (κ2) is 3.41. The summed E-state index contributed by atoms with van der Waals surface area (Å²) < 4.78 is 5.80. The molecule has 2 unspecified atom stereocenters. The maximum Gasteiger partial charge on any atom is 0.123 e. The van der Waals surface area contributed by atoms with Gasteiger partial charge in [-0.05, 0) is 42.5 Å². The van der Waals surface area contributed by atoms with Gasteiger partial charge in [-0.2, -0.15) is 0 Å². The first-order valence-corrected chi connectivity index (χ1v) is 6.22. The van der Waals surface area contributed by atoms with E-state index in [-0.39, 0.29) is 0 Å². The van der Waals surface area contributed by atoms with Crippen molar-refractivity contribution in [3.8, 4) is 5.75 Å². The summed E-state index contributed by atoms with van der Waals surface area (Å²) in [5.41, 5.74) is 4.12. The van der Waals surface area contributed by atoms with Crippen LogP contribution in [0.1, 0.15) is 31.9 Å². The Bertz CT molecular complexity index is 390. The molecule has 86 valence electrons. The summed E-state index contributed by atoms with van der Waals surface area (Å²) in [6, 6.07) is 5.12. The van der Waals surface area contributed by atoms with Crippen LogP contribution in [0.4, 0.5) is 5.69 Å². The van der Waals surface area contributed by atoms with Gasteiger partial charge in [0.25, 0.3) is 0 Å². The lowest BCUT2D eigenvalue weighted by atomic mass is 10.00. The van der Waals surface area contributed by atoms with Crippen molar-refractivity contribution < 1.29 is 4.74 Å². The minimum Gasteiger partial charge on any atom is -0.490 e. The summed E-state index contributed by atoms with van der Waals surface area (Å²) in [6.45, 7) is 6.68. The summed E-state index contributed by atoms with van der Waals surface area (Å²) in [4.78, 5) is 0. The molecule has 2 aliphatic rings. The van der Waals surface area contributed by atoms with E-state index < -0.39 is 0 Å². The fraction of sp³-hybridized carbons (Fsp3) is 0.571. The zero-order valence-corrected chi connectivity index (χ0v) is 10.2. The van der Waals surface area contributed by atoms with Gasteiger partial charge < -0.3 is 10.1 Å². The lowest BCUT2D eigenvalue weighted by molar-refractivity contribution is 0.254. The summed E-state index contributed by atoms with van der Waals surface area (Å²) in [5, 5.41) is 3.62. The molecule has 1 aromatic carbocycles. The van der Waals surface area contributed by atoms with E-state index in [1.165, 1.54) is 16.8 Å². The number of nitrogens with one attached hydrogen (secondary N) is 1. The first-order chi connectivity index (χ1) is 7.63. The molecule has 2 nitrogen and oxygen atoms in total. The molecule has 2 aliphatic heterocycles. The number of rotatable bonds is 1. The Balaban J connectivity index is 1.92. The van der Waals surface area contributed by atoms with Crippen LogP contribution < -0.4 is 10.1 Å². The predicted octanol–water partition coefficient (Wildman–Crippen LogP) is 3.00. The topological polar surface area (TPSA) is 21.3 Å². The van der Waals surface area contributed by atoms with Gasteiger partial charge in [0, 0.05) is 18.2 Å². The van der Waals surface area contributed by atoms with Gasteiger partial charge in [0.05, 0.1) is 0 Å². The molecular weight excluding hydrogens is 198 g/mol. The third-order valence-corrected chi connectivity index (χ3v) is 3.71. The molecule has 1 N–H and O–H groups in total. The van der Waals surface area contributed by atoms with E-state index in [0.29, 0.717) is 18.1 Å². The largest absolute Gasteiger partial charge is 0.490 e. The fourth-order valence-corrected chi connectivity index (χ4v) is 2.70. The minimum atomic E-state index is 0.346. The number of fused-ring (bicyclic) bond motifs is 2. The lowest BCUT2D eigenvalue weighted by Gasteiger charge is -2.14. The van der Waals surface area contributed by atoms with Gasteiger partial charge in [-0.25, -0.2) is 0 Å². The Hall–Kier alpha value is -1.18. The maximum absolute atomic E-state index is 5.80. The summed E-state index contributed by atoms with van der Waals surface area (Å²) in [7, 11) is 0. The Morgan fingerprint density at radius 1 is 1.25 bits per heavy atom. The van der Waals surface area contributed by atoms with Crippen molar-refractivity contribution >= 4 is 5.69 Å². The molecule has 2 atom stereocenters. The van der Waals surface area contributed by atoms with Crippen LogP contribution in [0.3, 0.4) is 0 Å². The van der Waals surface area contributed by atoms with Gasteiger partial charge in [0.15, 0.2) is 0 Å². The Morgan fingerprint density at radius 3 is 2.81 bits per heavy atom. The van der Waals surface area contributed by atoms with Gasteiger partial charge >= 0.3 is 0 Å². The molecule has 1 aromatic rings. The molecular formula is C14H19NO. The van der Waals surface area contributed by atoms with E-state index in [9.17, 15) is 0 Å². The first-order valence-electron chi connectivity index (χ1n) is 6.22. The van der Waals surface area contributed by atoms with Gasteiger partial charge in [0.1, 0.15) is 11.9 Å². The highest BCUT2D eigenvalue weighted by Crippen LogP contribution is 2.38. The van der Waals surface area contributed by atoms with Gasteiger partial charge in [0.2, 0.25) is 0 Å². The van der Waals surface area contributed by atoms with Crippen molar-refractivity contribution in [2.45, 2.75) is 45.8 Å². The van der Waals surface area contributed by atoms with Crippen molar-refractivity contribution in [1.82, 2.24) is 0 Å². The number of hydrogen-bond acceptors (Lipinski definition) is 2. The van der Waals surface area contributed by atoms with Gasteiger partial charge in [-0.1, -0.05) is 13.8 Å². The molecule has 0 aliphatic carbocycles. The standard InChI is InChI=1S/C14H19NO/c1-8(2)12-5-10-7-14-11(4-9(3)16-14)6-13(10)15-12/h6-9,12,15H,4-5H2,1-3H3. The summed E-state index contributed by atoms with van der Waals surface area (Å²) >= 11 is 0. The third kappa shape index (κ3) is 1.48. The van der Waals surface area contributed by atoms with Crippen molar-refractivity contribution in [1.29, 1.82) is 0 Å². The van der Waals surface area contributed by atoms with Crippen LogP contribution in [0.2, 0.25) is 0 Å². The Kier molecular flexibility index (Phi) is 2.13. The molecule has 0 amide bonds. The van der Waals surface area contributed by atoms with Gasteiger partial charge in [-0.3, -0.25) is 0 Å². The van der Waals surface area contributed by atoms with E-state index in [2.05, 4.69) is 38.2 Å². The molecule has 0 aromatic heterocycles. The number of anilines is 1. The molecule has 0 fully saturated rings. The highest BCUT2D eigenvalue weighted by atomic mass is 16.5. The average Bonchev–Trinajstić information content (AvgIpc) is 2.74. The van der Waals surface area contributed by atoms with Crippen molar-refractivity contribution in [2.75, 3.05) is 5.32 Å². The molecule has 0 saturated heterocycles. The molecule has 0 spiro atoms. The average molecular weight is 217 g/mol. The summed E-state index contributed by atoms with van der Waals surface area (Å²) in [5.74, 6) is 1.79. The van der Waals surface area contributed by atoms with Crippen LogP contribution >= 0.6 is 0 Å². The SMILES string of the molecule is CC1Cc2cc3c(cc2O1)CC(C(C)C)N3. The van der Waals surface area contributed by atoms with Crippen molar-refractivity contribution in [2.24, 2.45) is 5.92 Å². The van der Waals surface area contributed by atoms with Crippen molar-refractivity contribution in [3.63, 3.8) is 0 Å². The second-order valence-corrected chi connectivity index (χ2v) is 5.45. The molecule has 0 saturated carbocycles. The van der Waals surface area contributed by atoms with Crippen LogP contribution in [0.5, 0.6) is 5.75 Å². The third-order valence-electron chi connectivity index (χ3n) is 3.71. The monoisotopic (exact) mass is 217 g/mol. The molecule has 0 radical (unpaired) electrons. The van der Waals surface area contributed by atoms with Crippen molar-refractivity contribution in [3.05, 3.63) is 23.3 Å². The minimum absolute atomic E-state index is 0.346. The number of benzene rings is 1. The van der Waals surface area contributed by atoms with E-state index in [4.69, 9.17) is 4.74 Å². The van der Waals surface area contributed by atoms with E-state index in [0.717, 1.165) is 18.6 Å². The number of hydrogen-bond donors (Lipinski definition) is 1. The van der Waals surface area contributed by atoms with Crippen LogP contribution in [-0.2, 0) is 12.8 Å². The highest BCUT2D eigenvalue weighted by molar-refractivity contribution is 5.63. The van der Waals surface area contributed by atoms with E-state index in [1.54, 1.807) is 0 Å². The van der Waals surface area contributed by atoms with E-state index >= 15 is 0 Å². The number of ether oxygens (including phenoxy) is 1. The molecule has 2 heteroatoms. The maximum atomic E-state index is 5.80. The molecule has 16 heavy (non-hydrogen) atoms. The molecule has 0 bridgehead atoms. The normalized spacial score (nSPS) is 26.2. The van der Waals surface area contributed by atoms with Crippen LogP contribution in [0, 0.1) is 5.92 Å². The Labute approximate surface area is 97.0 Å². The van der Waals surface area contributed by atoms with Crippen LogP contribution in [0.15, 0.2) is 12.1 Å². The Morgan fingerprint density at radius 2 is 2.06 bits per heavy atom. The smallest absolute Gasteiger partial charge is 0.123 e. The zero-order valence-electron chi connectivity index (χ0n) is 10.2. The predicted molar refractivity (Wildman–Crippen MR) is 66.2 cm³/mol. The molecule has 2 heterocycles. The van der Waals surface area contributed by atoms with Gasteiger partial charge in [-0.15, -0.1) is 0 Å². The van der Waals surface area contributed by atoms with Crippen LogP contribution in [0.25, 0.3) is 0 Å².